The molecule has 2 fully saturated rings. The average molecular weight is 302 g/mol. The Balaban J connectivity index is 1.52. The highest BCUT2D eigenvalue weighted by Gasteiger charge is 2.27. The lowest BCUT2D eigenvalue weighted by Gasteiger charge is -2.32. The van der Waals surface area contributed by atoms with Crippen LogP contribution in [0.5, 0.6) is 0 Å². The van der Waals surface area contributed by atoms with Crippen LogP contribution in [0.15, 0.2) is 30.3 Å². The molecule has 120 valence electrons. The van der Waals surface area contributed by atoms with Crippen molar-refractivity contribution in [3.63, 3.8) is 0 Å². The molecule has 0 saturated carbocycles. The number of nitrogens with zero attached hydrogens (tertiary/aromatic N) is 1. The molecule has 4 heteroatoms. The number of ether oxygens (including phenoxy) is 1. The Morgan fingerprint density at radius 3 is 2.77 bits per heavy atom. The summed E-state index contributed by atoms with van der Waals surface area (Å²) >= 11 is 0. The maximum absolute atomic E-state index is 12.1. The quantitative estimate of drug-likeness (QED) is 0.902. The second-order valence-corrected chi connectivity index (χ2v) is 6.38. The van der Waals surface area contributed by atoms with E-state index in [1.165, 1.54) is 5.56 Å². The van der Waals surface area contributed by atoms with Crippen molar-refractivity contribution in [3.05, 3.63) is 35.9 Å². The molecule has 0 unspecified atom stereocenters. The first-order valence-electron chi connectivity index (χ1n) is 8.47. The zero-order valence-electron chi connectivity index (χ0n) is 13.2. The number of likely N-dealkylation sites (tertiary alicyclic amines) is 1. The molecule has 0 aromatic heterocycles. The molecule has 0 radical (unpaired) electrons. The van der Waals surface area contributed by atoms with Crippen LogP contribution in [0.1, 0.15) is 24.8 Å². The van der Waals surface area contributed by atoms with Gasteiger partial charge in [0.2, 0.25) is 5.91 Å². The smallest absolute Gasteiger partial charge is 0.248 e. The van der Waals surface area contributed by atoms with Crippen molar-refractivity contribution in [3.8, 4) is 0 Å². The van der Waals surface area contributed by atoms with Crippen molar-refractivity contribution < 1.29 is 9.53 Å². The minimum atomic E-state index is 0.162. The lowest BCUT2D eigenvalue weighted by atomic mass is 9.89. The second-order valence-electron chi connectivity index (χ2n) is 6.38. The lowest BCUT2D eigenvalue weighted by Crippen LogP contribution is -2.44. The summed E-state index contributed by atoms with van der Waals surface area (Å²) in [5.74, 6) is 0.608. The number of hydrogen-bond acceptors (Lipinski definition) is 3. The van der Waals surface area contributed by atoms with Crippen LogP contribution < -0.4 is 5.32 Å². The average Bonchev–Trinajstić information content (AvgIpc) is 3.09. The van der Waals surface area contributed by atoms with E-state index >= 15 is 0 Å². The third kappa shape index (κ3) is 4.08. The van der Waals surface area contributed by atoms with Gasteiger partial charge < -0.3 is 15.0 Å². The Bertz CT molecular complexity index is 471. The summed E-state index contributed by atoms with van der Waals surface area (Å²) in [5.41, 5.74) is 1.34. The third-order valence-corrected chi connectivity index (χ3v) is 4.76. The molecular formula is C18H26N2O2. The van der Waals surface area contributed by atoms with Gasteiger partial charge in [-0.2, -0.15) is 0 Å². The molecule has 0 aliphatic carbocycles. The van der Waals surface area contributed by atoms with Gasteiger partial charge in [0.25, 0.3) is 0 Å². The summed E-state index contributed by atoms with van der Waals surface area (Å²) in [6.07, 6.45) is 4.46. The molecule has 1 N–H and O–H groups in total. The Hall–Kier alpha value is -1.39. The first-order valence-corrected chi connectivity index (χ1v) is 8.47. The van der Waals surface area contributed by atoms with Gasteiger partial charge in [0.05, 0.1) is 6.10 Å². The highest BCUT2D eigenvalue weighted by Crippen LogP contribution is 2.20. The summed E-state index contributed by atoms with van der Waals surface area (Å²) < 4.78 is 6.01. The summed E-state index contributed by atoms with van der Waals surface area (Å²) in [7, 11) is 0. The van der Waals surface area contributed by atoms with Gasteiger partial charge in [-0.25, -0.2) is 0 Å². The molecule has 2 aliphatic rings. The van der Waals surface area contributed by atoms with Gasteiger partial charge in [-0.1, -0.05) is 30.3 Å². The summed E-state index contributed by atoms with van der Waals surface area (Å²) in [6.45, 7) is 4.00. The molecule has 4 nitrogen and oxygen atoms in total. The topological polar surface area (TPSA) is 41.6 Å². The van der Waals surface area contributed by atoms with Crippen LogP contribution in [0.4, 0.5) is 0 Å². The number of piperidine rings is 1. The van der Waals surface area contributed by atoms with E-state index in [-0.39, 0.29) is 18.6 Å². The maximum Gasteiger partial charge on any atom is 0.248 e. The monoisotopic (exact) mass is 302 g/mol. The van der Waals surface area contributed by atoms with Gasteiger partial charge in [-0.05, 0) is 37.8 Å². The Morgan fingerprint density at radius 2 is 2.00 bits per heavy atom. The standard InChI is InChI=1S/C18H26N2O2/c21-18(20-10-4-5-11-20)14-22-17-8-9-19-13-16(17)12-15-6-2-1-3-7-15/h1-3,6-7,16-17,19H,4-5,8-14H2/t16-,17+/m0/s1. The number of carbonyl (C=O) groups is 1. The fraction of sp³-hybridized carbons (Fsp3) is 0.611. The van der Waals surface area contributed by atoms with Crippen LogP contribution in [-0.4, -0.2) is 49.7 Å². The molecule has 2 aliphatic heterocycles. The van der Waals surface area contributed by atoms with Gasteiger partial charge in [-0.15, -0.1) is 0 Å². The van der Waals surface area contributed by atoms with Crippen molar-refractivity contribution in [2.45, 2.75) is 31.8 Å². The van der Waals surface area contributed by atoms with Crippen LogP contribution in [0, 0.1) is 5.92 Å². The van der Waals surface area contributed by atoms with E-state index in [2.05, 4.69) is 29.6 Å². The fourth-order valence-corrected chi connectivity index (χ4v) is 3.47. The van der Waals surface area contributed by atoms with Gasteiger partial charge in [-0.3, -0.25) is 4.79 Å². The van der Waals surface area contributed by atoms with Gasteiger partial charge in [0.15, 0.2) is 0 Å². The number of benzene rings is 1. The summed E-state index contributed by atoms with van der Waals surface area (Å²) in [4.78, 5) is 14.1. The van der Waals surface area contributed by atoms with E-state index in [0.29, 0.717) is 5.92 Å². The van der Waals surface area contributed by atoms with Crippen LogP contribution in [0.3, 0.4) is 0 Å². The third-order valence-electron chi connectivity index (χ3n) is 4.76. The molecule has 0 spiro atoms. The fourth-order valence-electron chi connectivity index (χ4n) is 3.47. The molecule has 1 amide bonds. The van der Waals surface area contributed by atoms with Crippen LogP contribution in [0.25, 0.3) is 0 Å². The molecule has 22 heavy (non-hydrogen) atoms. The van der Waals surface area contributed by atoms with E-state index in [4.69, 9.17) is 4.74 Å². The van der Waals surface area contributed by atoms with Crippen molar-refractivity contribution in [1.29, 1.82) is 0 Å². The predicted molar refractivity (Wildman–Crippen MR) is 86.7 cm³/mol. The van der Waals surface area contributed by atoms with Crippen molar-refractivity contribution in [1.82, 2.24) is 10.2 Å². The lowest BCUT2D eigenvalue weighted by molar-refractivity contribution is -0.138. The van der Waals surface area contributed by atoms with E-state index < -0.39 is 0 Å². The SMILES string of the molecule is O=C(CO[C@@H]1CCNC[C@@H]1Cc1ccccc1)N1CCCC1. The van der Waals surface area contributed by atoms with Gasteiger partial charge >= 0.3 is 0 Å². The zero-order valence-corrected chi connectivity index (χ0v) is 13.2. The molecule has 3 rings (SSSR count). The molecule has 2 heterocycles. The number of nitrogens with one attached hydrogen (secondary N) is 1. The molecule has 1 aromatic carbocycles. The van der Waals surface area contributed by atoms with E-state index in [1.807, 2.05) is 11.0 Å². The van der Waals surface area contributed by atoms with Crippen LogP contribution in [0.2, 0.25) is 0 Å². The second kappa shape index (κ2) is 7.75. The minimum absolute atomic E-state index is 0.162. The molecular weight excluding hydrogens is 276 g/mol. The number of carbonyl (C=O) groups excluding carboxylic acids is 1. The number of rotatable bonds is 5. The minimum Gasteiger partial charge on any atom is -0.368 e. The maximum atomic E-state index is 12.1. The zero-order chi connectivity index (χ0) is 15.2. The predicted octanol–water partition coefficient (Wildman–Crippen LogP) is 1.85. The number of amides is 1. The molecule has 1 aromatic rings. The van der Waals surface area contributed by atoms with E-state index in [0.717, 1.165) is 51.9 Å². The van der Waals surface area contributed by atoms with E-state index in [9.17, 15) is 4.79 Å². The Labute approximate surface area is 132 Å². The van der Waals surface area contributed by atoms with Crippen molar-refractivity contribution in [2.24, 2.45) is 5.92 Å². The first kappa shape index (κ1) is 15.5. The van der Waals surface area contributed by atoms with Crippen molar-refractivity contribution in [2.75, 3.05) is 32.8 Å². The highest BCUT2D eigenvalue weighted by molar-refractivity contribution is 5.77. The number of hydrogen-bond donors (Lipinski definition) is 1. The normalized spacial score (nSPS) is 25.4. The van der Waals surface area contributed by atoms with Crippen LogP contribution in [-0.2, 0) is 16.0 Å². The van der Waals surface area contributed by atoms with Crippen LogP contribution >= 0.6 is 0 Å². The molecule has 2 atom stereocenters. The molecule has 0 bridgehead atoms. The summed E-state index contributed by atoms with van der Waals surface area (Å²) in [6, 6.07) is 10.5. The Morgan fingerprint density at radius 1 is 1.23 bits per heavy atom. The first-order chi connectivity index (χ1) is 10.8. The van der Waals surface area contributed by atoms with Gasteiger partial charge in [0, 0.05) is 25.6 Å². The Kier molecular flexibility index (Phi) is 5.46. The van der Waals surface area contributed by atoms with E-state index in [1.54, 1.807) is 0 Å². The highest BCUT2D eigenvalue weighted by atomic mass is 16.5. The van der Waals surface area contributed by atoms with Crippen molar-refractivity contribution >= 4 is 5.91 Å². The summed E-state index contributed by atoms with van der Waals surface area (Å²) in [5, 5.41) is 3.45. The largest absolute Gasteiger partial charge is 0.368 e. The molecule has 2 saturated heterocycles. The van der Waals surface area contributed by atoms with Gasteiger partial charge in [0.1, 0.15) is 6.61 Å².